The number of hydrogen-bond acceptors (Lipinski definition) is 7. The Balaban J connectivity index is 1.44. The van der Waals surface area contributed by atoms with Crippen LogP contribution in [-0.4, -0.2) is 59.6 Å². The van der Waals surface area contributed by atoms with Crippen LogP contribution < -0.4 is 20.7 Å². The van der Waals surface area contributed by atoms with Gasteiger partial charge in [0.2, 0.25) is 11.9 Å². The van der Waals surface area contributed by atoms with Crippen LogP contribution in [0.5, 0.6) is 5.75 Å². The highest BCUT2D eigenvalue weighted by atomic mass is 16.5. The fourth-order valence-corrected chi connectivity index (χ4v) is 4.53. The van der Waals surface area contributed by atoms with Crippen LogP contribution in [0.2, 0.25) is 0 Å². The molecule has 0 aliphatic heterocycles. The number of aromatic nitrogens is 3. The third kappa shape index (κ3) is 5.73. The van der Waals surface area contributed by atoms with Gasteiger partial charge in [0.1, 0.15) is 5.75 Å². The average molecular weight is 514 g/mol. The molecule has 0 unspecified atom stereocenters. The fraction of sp³-hybridized carbons (Fsp3) is 0.345. The molecular weight excluding hydrogens is 478 g/mol. The number of amides is 1. The number of ether oxygens (including phenoxy) is 1. The summed E-state index contributed by atoms with van der Waals surface area (Å²) in [6.45, 7) is 1.74. The van der Waals surface area contributed by atoms with E-state index in [1.165, 1.54) is 0 Å². The van der Waals surface area contributed by atoms with E-state index < -0.39 is 0 Å². The summed E-state index contributed by atoms with van der Waals surface area (Å²) >= 11 is 0. The Morgan fingerprint density at radius 1 is 1.13 bits per heavy atom. The summed E-state index contributed by atoms with van der Waals surface area (Å²) in [5.74, 6) is 1.21. The quantitative estimate of drug-likeness (QED) is 0.240. The zero-order valence-electron chi connectivity index (χ0n) is 22.4. The van der Waals surface area contributed by atoms with Crippen LogP contribution in [-0.2, 0) is 11.8 Å². The summed E-state index contributed by atoms with van der Waals surface area (Å²) in [6.07, 6.45) is 6.68. The van der Waals surface area contributed by atoms with Crippen molar-refractivity contribution in [2.24, 2.45) is 13.0 Å². The van der Waals surface area contributed by atoms with E-state index in [2.05, 4.69) is 62.8 Å². The molecular formula is C29H35N7O2. The van der Waals surface area contributed by atoms with Gasteiger partial charge in [0.15, 0.2) is 0 Å². The van der Waals surface area contributed by atoms with Gasteiger partial charge >= 0.3 is 0 Å². The number of anilines is 4. The molecule has 2 aromatic carbocycles. The molecule has 1 amide bonds. The minimum atomic E-state index is 0.0478. The smallest absolute Gasteiger partial charge is 0.227 e. The lowest BCUT2D eigenvalue weighted by Gasteiger charge is -2.19. The van der Waals surface area contributed by atoms with Gasteiger partial charge in [0.25, 0.3) is 0 Å². The monoisotopic (exact) mass is 513 g/mol. The van der Waals surface area contributed by atoms with Crippen LogP contribution in [0, 0.1) is 5.92 Å². The first-order valence-electron chi connectivity index (χ1n) is 13.0. The summed E-state index contributed by atoms with van der Waals surface area (Å²) in [6, 6.07) is 14.0. The topological polar surface area (TPSA) is 96.3 Å². The Bertz CT molecular complexity index is 1440. The van der Waals surface area contributed by atoms with Gasteiger partial charge in [-0.3, -0.25) is 4.79 Å². The first-order chi connectivity index (χ1) is 18.4. The van der Waals surface area contributed by atoms with Gasteiger partial charge < -0.3 is 30.2 Å². The van der Waals surface area contributed by atoms with Crippen molar-refractivity contribution >= 4 is 39.8 Å². The molecule has 1 aliphatic carbocycles. The second-order valence-corrected chi connectivity index (χ2v) is 10.0. The number of carbonyl (C=O) groups excluding carboxylic acids is 1. The number of fused-ring (bicyclic) bond motifs is 1. The molecule has 3 N–H and O–H groups in total. The van der Waals surface area contributed by atoms with E-state index in [4.69, 9.17) is 9.72 Å². The summed E-state index contributed by atoms with van der Waals surface area (Å²) in [4.78, 5) is 24.1. The van der Waals surface area contributed by atoms with Gasteiger partial charge in [-0.25, -0.2) is 9.97 Å². The number of aryl methyl sites for hydroxylation is 1. The van der Waals surface area contributed by atoms with Crippen LogP contribution in [0.1, 0.15) is 19.3 Å². The average Bonchev–Trinajstić information content (AvgIpc) is 3.71. The van der Waals surface area contributed by atoms with Crippen molar-refractivity contribution < 1.29 is 9.53 Å². The number of para-hydroxylation sites is 1. The second-order valence-electron chi connectivity index (χ2n) is 10.0. The molecule has 9 heteroatoms. The van der Waals surface area contributed by atoms with Gasteiger partial charge in [0.05, 0.1) is 29.9 Å². The van der Waals surface area contributed by atoms with E-state index in [1.54, 1.807) is 13.3 Å². The molecule has 1 saturated carbocycles. The number of rotatable bonds is 11. The van der Waals surface area contributed by atoms with Crippen molar-refractivity contribution in [1.29, 1.82) is 0 Å². The van der Waals surface area contributed by atoms with Crippen molar-refractivity contribution in [2.45, 2.75) is 19.3 Å². The third-order valence-corrected chi connectivity index (χ3v) is 6.72. The molecule has 4 aromatic rings. The molecule has 0 saturated heterocycles. The van der Waals surface area contributed by atoms with Gasteiger partial charge in [-0.2, -0.15) is 0 Å². The van der Waals surface area contributed by atoms with Crippen LogP contribution in [0.15, 0.2) is 54.9 Å². The molecule has 2 aromatic heterocycles. The Labute approximate surface area is 223 Å². The first kappa shape index (κ1) is 25.5. The number of hydrogen-bond donors (Lipinski definition) is 3. The van der Waals surface area contributed by atoms with Crippen molar-refractivity contribution in [3.05, 3.63) is 54.9 Å². The zero-order chi connectivity index (χ0) is 26.6. The molecule has 9 nitrogen and oxygen atoms in total. The lowest BCUT2D eigenvalue weighted by Crippen LogP contribution is -2.18. The van der Waals surface area contributed by atoms with Crippen molar-refractivity contribution in [3.63, 3.8) is 0 Å². The highest BCUT2D eigenvalue weighted by molar-refractivity contribution is 5.98. The maximum Gasteiger partial charge on any atom is 0.227 e. The number of methoxy groups -OCH3 is 1. The normalized spacial score (nSPS) is 13.1. The highest BCUT2D eigenvalue weighted by Gasteiger charge is 2.30. The predicted molar refractivity (Wildman–Crippen MR) is 153 cm³/mol. The minimum Gasteiger partial charge on any atom is -0.494 e. The second kappa shape index (κ2) is 11.1. The van der Waals surface area contributed by atoms with E-state index in [9.17, 15) is 4.79 Å². The molecule has 2 heterocycles. The van der Waals surface area contributed by atoms with Crippen molar-refractivity contribution in [2.75, 3.05) is 50.2 Å². The maximum atomic E-state index is 12.7. The zero-order valence-corrected chi connectivity index (χ0v) is 22.4. The van der Waals surface area contributed by atoms with Gasteiger partial charge in [-0.15, -0.1) is 0 Å². The molecule has 0 atom stereocenters. The number of carbonyl (C=O) groups is 1. The maximum absolute atomic E-state index is 12.7. The summed E-state index contributed by atoms with van der Waals surface area (Å²) in [7, 11) is 7.78. The Morgan fingerprint density at radius 2 is 1.95 bits per heavy atom. The molecule has 1 aliphatic rings. The Kier molecular flexibility index (Phi) is 7.46. The number of nitrogens with zero attached hydrogens (tertiary/aromatic N) is 4. The SMILES string of the molecule is COc1cc(NCCCN(C)C)c(NC(=O)C2CC2)cc1Nc1nccc(-c2cn(C)c3ccccc23)n1. The van der Waals surface area contributed by atoms with Crippen molar-refractivity contribution in [1.82, 2.24) is 19.4 Å². The Hall–Kier alpha value is -4.11. The largest absolute Gasteiger partial charge is 0.494 e. The lowest BCUT2D eigenvalue weighted by molar-refractivity contribution is -0.117. The number of nitrogens with one attached hydrogen (secondary N) is 3. The fourth-order valence-electron chi connectivity index (χ4n) is 4.53. The van der Waals surface area contributed by atoms with Gasteiger partial charge in [0, 0.05) is 54.4 Å². The Morgan fingerprint density at radius 3 is 2.71 bits per heavy atom. The first-order valence-corrected chi connectivity index (χ1v) is 13.0. The minimum absolute atomic E-state index is 0.0478. The van der Waals surface area contributed by atoms with Gasteiger partial charge in [-0.05, 0) is 58.1 Å². The van der Waals surface area contributed by atoms with Crippen LogP contribution in [0.25, 0.3) is 22.2 Å². The molecule has 1 fully saturated rings. The lowest BCUT2D eigenvalue weighted by atomic mass is 10.1. The van der Waals surface area contributed by atoms with E-state index in [0.717, 1.165) is 60.2 Å². The molecule has 5 rings (SSSR count). The van der Waals surface area contributed by atoms with Crippen molar-refractivity contribution in [3.8, 4) is 17.0 Å². The van der Waals surface area contributed by atoms with Crippen LogP contribution in [0.3, 0.4) is 0 Å². The summed E-state index contributed by atoms with van der Waals surface area (Å²) in [5, 5.41) is 11.0. The molecule has 0 bridgehead atoms. The third-order valence-electron chi connectivity index (χ3n) is 6.72. The highest BCUT2D eigenvalue weighted by Crippen LogP contribution is 2.38. The summed E-state index contributed by atoms with van der Waals surface area (Å²) < 4.78 is 7.82. The molecule has 0 radical (unpaired) electrons. The van der Waals surface area contributed by atoms with E-state index >= 15 is 0 Å². The molecule has 38 heavy (non-hydrogen) atoms. The van der Waals surface area contributed by atoms with E-state index in [0.29, 0.717) is 23.1 Å². The predicted octanol–water partition coefficient (Wildman–Crippen LogP) is 5.10. The van der Waals surface area contributed by atoms with Crippen LogP contribution >= 0.6 is 0 Å². The molecule has 0 spiro atoms. The van der Waals surface area contributed by atoms with Gasteiger partial charge in [-0.1, -0.05) is 18.2 Å². The standard InChI is InChI=1S/C29H35N7O2/c1-35(2)15-7-13-30-23-17-27(38-4)25(16-24(23)32-28(37)19-10-11-19)34-29-31-14-12-22(33-29)21-18-36(3)26-9-6-5-8-20(21)26/h5-6,8-9,12,14,16-19,30H,7,10-11,13,15H2,1-4H3,(H,32,37)(H,31,33,34). The van der Waals surface area contributed by atoms with E-state index in [1.807, 2.05) is 37.4 Å². The van der Waals surface area contributed by atoms with Crippen LogP contribution in [0.4, 0.5) is 23.0 Å². The molecule has 198 valence electrons. The van der Waals surface area contributed by atoms with E-state index in [-0.39, 0.29) is 11.8 Å². The summed E-state index contributed by atoms with van der Waals surface area (Å²) in [5.41, 5.74) is 5.20. The number of benzene rings is 2.